The summed E-state index contributed by atoms with van der Waals surface area (Å²) in [5.74, 6) is 0.836. The summed E-state index contributed by atoms with van der Waals surface area (Å²) in [5.41, 5.74) is 1.02. The SMILES string of the molecule is COc1ccc(Br)c(NCCCCO)c1. The highest BCUT2D eigenvalue weighted by atomic mass is 79.9. The van der Waals surface area contributed by atoms with Gasteiger partial charge in [0.05, 0.1) is 12.8 Å². The van der Waals surface area contributed by atoms with Crippen LogP contribution in [-0.2, 0) is 0 Å². The number of ether oxygens (including phenoxy) is 1. The molecule has 0 saturated heterocycles. The second-order valence-electron chi connectivity index (χ2n) is 3.20. The maximum atomic E-state index is 8.64. The summed E-state index contributed by atoms with van der Waals surface area (Å²) < 4.78 is 6.16. The number of nitrogens with one attached hydrogen (secondary N) is 1. The molecule has 2 N–H and O–H groups in total. The van der Waals surface area contributed by atoms with Gasteiger partial charge in [0.25, 0.3) is 0 Å². The molecule has 0 unspecified atom stereocenters. The van der Waals surface area contributed by atoms with E-state index in [-0.39, 0.29) is 6.61 Å². The van der Waals surface area contributed by atoms with Crippen molar-refractivity contribution in [1.82, 2.24) is 0 Å². The minimum absolute atomic E-state index is 0.251. The lowest BCUT2D eigenvalue weighted by Gasteiger charge is -2.09. The van der Waals surface area contributed by atoms with Gasteiger partial charge in [-0.2, -0.15) is 0 Å². The van der Waals surface area contributed by atoms with Gasteiger partial charge in [0.2, 0.25) is 0 Å². The molecule has 0 spiro atoms. The molecule has 0 heterocycles. The molecule has 0 aliphatic carbocycles. The van der Waals surface area contributed by atoms with Crippen molar-refractivity contribution < 1.29 is 9.84 Å². The molecule has 0 atom stereocenters. The third-order valence-electron chi connectivity index (χ3n) is 2.07. The zero-order valence-corrected chi connectivity index (χ0v) is 10.4. The molecule has 15 heavy (non-hydrogen) atoms. The lowest BCUT2D eigenvalue weighted by Crippen LogP contribution is -2.03. The molecule has 0 bridgehead atoms. The number of rotatable bonds is 6. The minimum Gasteiger partial charge on any atom is -0.497 e. The molecule has 0 radical (unpaired) electrons. The Hall–Kier alpha value is -0.740. The fraction of sp³-hybridized carbons (Fsp3) is 0.455. The van der Waals surface area contributed by atoms with E-state index in [1.165, 1.54) is 0 Å². The fourth-order valence-corrected chi connectivity index (χ4v) is 1.61. The van der Waals surface area contributed by atoms with E-state index in [0.29, 0.717) is 0 Å². The quantitative estimate of drug-likeness (QED) is 0.783. The second kappa shape index (κ2) is 6.69. The van der Waals surface area contributed by atoms with Crippen molar-refractivity contribution >= 4 is 21.6 Å². The molecular weight excluding hydrogens is 258 g/mol. The van der Waals surface area contributed by atoms with E-state index in [1.807, 2.05) is 18.2 Å². The van der Waals surface area contributed by atoms with Gasteiger partial charge in [-0.05, 0) is 40.9 Å². The number of unbranched alkanes of at least 4 members (excludes halogenated alkanes) is 1. The Bertz CT molecular complexity index is 305. The first-order valence-electron chi connectivity index (χ1n) is 4.96. The third-order valence-corrected chi connectivity index (χ3v) is 2.77. The molecule has 0 saturated carbocycles. The van der Waals surface area contributed by atoms with Crippen molar-refractivity contribution in [2.24, 2.45) is 0 Å². The molecule has 0 aromatic heterocycles. The smallest absolute Gasteiger partial charge is 0.121 e. The number of hydrogen-bond acceptors (Lipinski definition) is 3. The first-order valence-corrected chi connectivity index (χ1v) is 5.75. The van der Waals surface area contributed by atoms with Gasteiger partial charge in [0.15, 0.2) is 0 Å². The Labute approximate surface area is 98.6 Å². The van der Waals surface area contributed by atoms with Crippen LogP contribution in [0.1, 0.15) is 12.8 Å². The topological polar surface area (TPSA) is 41.5 Å². The Morgan fingerprint density at radius 2 is 2.20 bits per heavy atom. The number of hydrogen-bond donors (Lipinski definition) is 2. The lowest BCUT2D eigenvalue weighted by atomic mass is 10.2. The van der Waals surface area contributed by atoms with Gasteiger partial charge < -0.3 is 15.2 Å². The number of anilines is 1. The van der Waals surface area contributed by atoms with Gasteiger partial charge >= 0.3 is 0 Å². The van der Waals surface area contributed by atoms with Gasteiger partial charge in [0, 0.05) is 23.7 Å². The summed E-state index contributed by atoms with van der Waals surface area (Å²) >= 11 is 3.46. The number of aliphatic hydroxyl groups excluding tert-OH is 1. The minimum atomic E-state index is 0.251. The molecule has 1 aromatic rings. The average molecular weight is 274 g/mol. The fourth-order valence-electron chi connectivity index (χ4n) is 1.23. The van der Waals surface area contributed by atoms with Crippen molar-refractivity contribution in [3.8, 4) is 5.75 Å². The third kappa shape index (κ3) is 4.10. The van der Waals surface area contributed by atoms with Crippen LogP contribution < -0.4 is 10.1 Å². The van der Waals surface area contributed by atoms with E-state index >= 15 is 0 Å². The van der Waals surface area contributed by atoms with E-state index < -0.39 is 0 Å². The van der Waals surface area contributed by atoms with E-state index in [0.717, 1.165) is 35.3 Å². The molecular formula is C11H16BrNO2. The molecule has 4 heteroatoms. The monoisotopic (exact) mass is 273 g/mol. The van der Waals surface area contributed by atoms with Gasteiger partial charge in [0.1, 0.15) is 5.75 Å². The highest BCUT2D eigenvalue weighted by Gasteiger charge is 2.00. The average Bonchev–Trinajstić information content (AvgIpc) is 2.26. The van der Waals surface area contributed by atoms with Gasteiger partial charge in [-0.1, -0.05) is 0 Å². The first kappa shape index (κ1) is 12.3. The van der Waals surface area contributed by atoms with Gasteiger partial charge in [-0.25, -0.2) is 0 Å². The van der Waals surface area contributed by atoms with Crippen LogP contribution >= 0.6 is 15.9 Å². The Morgan fingerprint density at radius 1 is 1.40 bits per heavy atom. The number of halogens is 1. The van der Waals surface area contributed by atoms with Crippen LogP contribution in [0.4, 0.5) is 5.69 Å². The van der Waals surface area contributed by atoms with Gasteiger partial charge in [-0.3, -0.25) is 0 Å². The Balaban J connectivity index is 2.51. The predicted molar refractivity (Wildman–Crippen MR) is 65.5 cm³/mol. The van der Waals surface area contributed by atoms with E-state index in [2.05, 4.69) is 21.2 Å². The van der Waals surface area contributed by atoms with Crippen LogP contribution in [-0.4, -0.2) is 25.4 Å². The molecule has 84 valence electrons. The Kier molecular flexibility index (Phi) is 5.50. The summed E-state index contributed by atoms with van der Waals surface area (Å²) in [4.78, 5) is 0. The van der Waals surface area contributed by atoms with Crippen LogP contribution in [0.5, 0.6) is 5.75 Å². The molecule has 1 aromatic carbocycles. The normalized spacial score (nSPS) is 10.1. The maximum absolute atomic E-state index is 8.64. The van der Waals surface area contributed by atoms with Gasteiger partial charge in [-0.15, -0.1) is 0 Å². The first-order chi connectivity index (χ1) is 7.27. The molecule has 0 fully saturated rings. The molecule has 0 amide bonds. The van der Waals surface area contributed by atoms with Crippen LogP contribution in [0.3, 0.4) is 0 Å². The zero-order chi connectivity index (χ0) is 11.1. The Morgan fingerprint density at radius 3 is 2.87 bits per heavy atom. The standard InChI is InChI=1S/C11H16BrNO2/c1-15-9-4-5-10(12)11(8-9)13-6-2-3-7-14/h4-5,8,13-14H,2-3,6-7H2,1H3. The van der Waals surface area contributed by atoms with E-state index in [9.17, 15) is 0 Å². The van der Waals surface area contributed by atoms with Crippen LogP contribution in [0.15, 0.2) is 22.7 Å². The zero-order valence-electron chi connectivity index (χ0n) is 8.79. The number of benzene rings is 1. The number of aliphatic hydroxyl groups is 1. The van der Waals surface area contributed by atoms with Crippen molar-refractivity contribution in [3.63, 3.8) is 0 Å². The van der Waals surface area contributed by atoms with Crippen molar-refractivity contribution in [1.29, 1.82) is 0 Å². The summed E-state index contributed by atoms with van der Waals surface area (Å²) in [6, 6.07) is 5.80. The van der Waals surface area contributed by atoms with Crippen LogP contribution in [0.25, 0.3) is 0 Å². The summed E-state index contributed by atoms with van der Waals surface area (Å²) in [6.45, 7) is 1.10. The van der Waals surface area contributed by atoms with Crippen molar-refractivity contribution in [2.75, 3.05) is 25.6 Å². The molecule has 0 aliphatic rings. The van der Waals surface area contributed by atoms with Crippen molar-refractivity contribution in [2.45, 2.75) is 12.8 Å². The van der Waals surface area contributed by atoms with Crippen LogP contribution in [0, 0.1) is 0 Å². The molecule has 0 aliphatic heterocycles. The highest BCUT2D eigenvalue weighted by Crippen LogP contribution is 2.26. The summed E-state index contributed by atoms with van der Waals surface area (Å²) in [6.07, 6.45) is 1.79. The maximum Gasteiger partial charge on any atom is 0.121 e. The number of methoxy groups -OCH3 is 1. The lowest BCUT2D eigenvalue weighted by molar-refractivity contribution is 0.286. The largest absolute Gasteiger partial charge is 0.497 e. The summed E-state index contributed by atoms with van der Waals surface area (Å²) in [5, 5.41) is 11.9. The molecule has 1 rings (SSSR count). The van der Waals surface area contributed by atoms with Crippen molar-refractivity contribution in [3.05, 3.63) is 22.7 Å². The predicted octanol–water partition coefficient (Wildman–Crippen LogP) is 2.64. The van der Waals surface area contributed by atoms with E-state index in [4.69, 9.17) is 9.84 Å². The van der Waals surface area contributed by atoms with Crippen LogP contribution in [0.2, 0.25) is 0 Å². The summed E-state index contributed by atoms with van der Waals surface area (Å²) in [7, 11) is 1.65. The second-order valence-corrected chi connectivity index (χ2v) is 4.06. The molecule has 3 nitrogen and oxygen atoms in total. The van der Waals surface area contributed by atoms with E-state index in [1.54, 1.807) is 7.11 Å². The highest BCUT2D eigenvalue weighted by molar-refractivity contribution is 9.10.